The van der Waals surface area contributed by atoms with Crippen LogP contribution in [0, 0.1) is 0 Å². The molecule has 1 saturated heterocycles. The summed E-state index contributed by atoms with van der Waals surface area (Å²) in [6.07, 6.45) is 5.67. The molecule has 0 saturated carbocycles. The van der Waals surface area contributed by atoms with Crippen LogP contribution in [0.3, 0.4) is 0 Å². The van der Waals surface area contributed by atoms with Crippen molar-refractivity contribution in [2.24, 2.45) is 0 Å². The van der Waals surface area contributed by atoms with Crippen molar-refractivity contribution >= 4 is 29.0 Å². The van der Waals surface area contributed by atoms with Crippen molar-refractivity contribution in [3.8, 4) is 17.0 Å². The van der Waals surface area contributed by atoms with E-state index in [1.807, 2.05) is 12.3 Å². The lowest BCUT2D eigenvalue weighted by Crippen LogP contribution is -2.46. The van der Waals surface area contributed by atoms with Crippen molar-refractivity contribution in [2.45, 2.75) is 19.8 Å². The van der Waals surface area contributed by atoms with Crippen LogP contribution in [0.25, 0.3) is 22.0 Å². The third kappa shape index (κ3) is 6.11. The molecule has 1 fully saturated rings. The molecule has 2 aromatic heterocycles. The number of ether oxygens (including phenoxy) is 1. The molecule has 1 aliphatic heterocycles. The summed E-state index contributed by atoms with van der Waals surface area (Å²) in [4.78, 5) is 14.3. The molecule has 1 aliphatic rings. The van der Waals surface area contributed by atoms with Gasteiger partial charge in [0.05, 0.1) is 12.3 Å². The Kier molecular flexibility index (Phi) is 8.56. The van der Waals surface area contributed by atoms with E-state index in [-0.39, 0.29) is 12.4 Å². The second-order valence-corrected chi connectivity index (χ2v) is 8.81. The number of aromatic nitrogens is 2. The van der Waals surface area contributed by atoms with Crippen LogP contribution in [-0.4, -0.2) is 54.2 Å². The molecular formula is C29H33ClN4O. The number of rotatable bonds is 8. The molecule has 35 heavy (non-hydrogen) atoms. The average Bonchev–Trinajstić information content (AvgIpc) is 2.91. The third-order valence-electron chi connectivity index (χ3n) is 6.59. The SMILES string of the molecule is CCN1CCN(c2nc(-c3ccc(OCCCc4cccnc4)cc3)cc3ccccc23)CC1.Cl. The van der Waals surface area contributed by atoms with Gasteiger partial charge in [0.15, 0.2) is 0 Å². The summed E-state index contributed by atoms with van der Waals surface area (Å²) in [5, 5.41) is 2.46. The summed E-state index contributed by atoms with van der Waals surface area (Å²) in [5.41, 5.74) is 3.37. The molecule has 182 valence electrons. The Hall–Kier alpha value is -3.15. The third-order valence-corrected chi connectivity index (χ3v) is 6.59. The Morgan fingerprint density at radius 2 is 1.71 bits per heavy atom. The van der Waals surface area contributed by atoms with E-state index in [2.05, 4.69) is 82.4 Å². The number of nitrogens with zero attached hydrogens (tertiary/aromatic N) is 4. The van der Waals surface area contributed by atoms with Gasteiger partial charge in [-0.25, -0.2) is 4.98 Å². The van der Waals surface area contributed by atoms with E-state index in [0.717, 1.165) is 68.4 Å². The Balaban J connectivity index is 0.00000289. The number of piperazine rings is 1. The number of aryl methyl sites for hydroxylation is 1. The number of anilines is 1. The molecule has 0 radical (unpaired) electrons. The van der Waals surface area contributed by atoms with Gasteiger partial charge >= 0.3 is 0 Å². The van der Waals surface area contributed by atoms with Crippen LogP contribution in [0.1, 0.15) is 18.9 Å². The first kappa shape index (κ1) is 25.0. The van der Waals surface area contributed by atoms with Gasteiger partial charge in [-0.3, -0.25) is 4.98 Å². The molecule has 0 N–H and O–H groups in total. The summed E-state index contributed by atoms with van der Waals surface area (Å²) >= 11 is 0. The highest BCUT2D eigenvalue weighted by molar-refractivity contribution is 5.95. The van der Waals surface area contributed by atoms with Crippen molar-refractivity contribution in [1.29, 1.82) is 0 Å². The van der Waals surface area contributed by atoms with Crippen molar-refractivity contribution in [3.63, 3.8) is 0 Å². The number of hydrogen-bond acceptors (Lipinski definition) is 5. The maximum Gasteiger partial charge on any atom is 0.137 e. The minimum Gasteiger partial charge on any atom is -0.494 e. The van der Waals surface area contributed by atoms with Gasteiger partial charge in [0.2, 0.25) is 0 Å². The molecule has 4 aromatic rings. The van der Waals surface area contributed by atoms with Crippen LogP contribution in [-0.2, 0) is 6.42 Å². The van der Waals surface area contributed by atoms with E-state index in [9.17, 15) is 0 Å². The van der Waals surface area contributed by atoms with E-state index in [1.54, 1.807) is 6.20 Å². The van der Waals surface area contributed by atoms with Gasteiger partial charge < -0.3 is 14.5 Å². The maximum atomic E-state index is 5.97. The fraction of sp³-hybridized carbons (Fsp3) is 0.310. The maximum absolute atomic E-state index is 5.97. The second-order valence-electron chi connectivity index (χ2n) is 8.81. The number of likely N-dealkylation sites (N-methyl/N-ethyl adjacent to an activating group) is 1. The number of halogens is 1. The Morgan fingerprint density at radius 1 is 0.914 bits per heavy atom. The molecular weight excluding hydrogens is 456 g/mol. The van der Waals surface area contributed by atoms with Gasteiger partial charge in [0.25, 0.3) is 0 Å². The quantitative estimate of drug-likeness (QED) is 0.290. The molecule has 2 aromatic carbocycles. The Bertz CT molecular complexity index is 1210. The molecule has 0 unspecified atom stereocenters. The first-order valence-electron chi connectivity index (χ1n) is 12.3. The van der Waals surface area contributed by atoms with Crippen molar-refractivity contribution in [2.75, 3.05) is 44.2 Å². The molecule has 5 rings (SSSR count). The van der Waals surface area contributed by atoms with Crippen molar-refractivity contribution in [1.82, 2.24) is 14.9 Å². The van der Waals surface area contributed by atoms with Gasteiger partial charge in [0, 0.05) is 49.5 Å². The highest BCUT2D eigenvalue weighted by Gasteiger charge is 2.19. The minimum absolute atomic E-state index is 0. The highest BCUT2D eigenvalue weighted by atomic mass is 35.5. The van der Waals surface area contributed by atoms with E-state index in [1.165, 1.54) is 16.3 Å². The minimum atomic E-state index is 0. The molecule has 0 aliphatic carbocycles. The summed E-state index contributed by atoms with van der Waals surface area (Å²) in [5.74, 6) is 1.99. The largest absolute Gasteiger partial charge is 0.494 e. The fourth-order valence-corrected chi connectivity index (χ4v) is 4.58. The predicted molar refractivity (Wildman–Crippen MR) is 147 cm³/mol. The Labute approximate surface area is 214 Å². The average molecular weight is 489 g/mol. The zero-order valence-electron chi connectivity index (χ0n) is 20.3. The van der Waals surface area contributed by atoms with Crippen LogP contribution in [0.5, 0.6) is 5.75 Å². The first-order valence-corrected chi connectivity index (χ1v) is 12.3. The van der Waals surface area contributed by atoms with Gasteiger partial charge in [0.1, 0.15) is 11.6 Å². The molecule has 3 heterocycles. The van der Waals surface area contributed by atoms with Gasteiger partial charge in [-0.2, -0.15) is 0 Å². The normalized spacial score (nSPS) is 14.0. The molecule has 0 amide bonds. The van der Waals surface area contributed by atoms with Crippen LogP contribution < -0.4 is 9.64 Å². The predicted octanol–water partition coefficient (Wildman–Crippen LogP) is 5.87. The lowest BCUT2D eigenvalue weighted by atomic mass is 10.1. The summed E-state index contributed by atoms with van der Waals surface area (Å²) in [6, 6.07) is 23.2. The van der Waals surface area contributed by atoms with Crippen molar-refractivity contribution < 1.29 is 4.74 Å². The van der Waals surface area contributed by atoms with Crippen molar-refractivity contribution in [3.05, 3.63) is 84.7 Å². The number of pyridine rings is 2. The standard InChI is InChI=1S/C29H32N4O.ClH/c1-2-32-16-18-33(19-17-32)29-27-10-4-3-9-25(27)21-28(31-29)24-11-13-26(14-12-24)34-20-6-8-23-7-5-15-30-22-23;/h3-5,7,9-15,21-22H,2,6,8,16-20H2,1H3;1H. The van der Waals surface area contributed by atoms with E-state index < -0.39 is 0 Å². The Morgan fingerprint density at radius 3 is 2.46 bits per heavy atom. The smallest absolute Gasteiger partial charge is 0.137 e. The lowest BCUT2D eigenvalue weighted by molar-refractivity contribution is 0.271. The van der Waals surface area contributed by atoms with Gasteiger partial charge in [-0.15, -0.1) is 12.4 Å². The first-order chi connectivity index (χ1) is 16.8. The van der Waals surface area contributed by atoms with E-state index in [0.29, 0.717) is 6.61 Å². The summed E-state index contributed by atoms with van der Waals surface area (Å²) in [7, 11) is 0. The van der Waals surface area contributed by atoms with Gasteiger partial charge in [-0.05, 0) is 66.7 Å². The van der Waals surface area contributed by atoms with Crippen LogP contribution >= 0.6 is 12.4 Å². The van der Waals surface area contributed by atoms with Crippen LogP contribution in [0.4, 0.5) is 5.82 Å². The van der Waals surface area contributed by atoms with E-state index >= 15 is 0 Å². The van der Waals surface area contributed by atoms with E-state index in [4.69, 9.17) is 9.72 Å². The molecule has 0 bridgehead atoms. The zero-order chi connectivity index (χ0) is 23.2. The van der Waals surface area contributed by atoms with Crippen LogP contribution in [0.15, 0.2) is 79.1 Å². The molecule has 5 nitrogen and oxygen atoms in total. The topological polar surface area (TPSA) is 41.5 Å². The lowest BCUT2D eigenvalue weighted by Gasteiger charge is -2.35. The fourth-order valence-electron chi connectivity index (χ4n) is 4.58. The number of benzene rings is 2. The summed E-state index contributed by atoms with van der Waals surface area (Å²) < 4.78 is 5.97. The molecule has 0 spiro atoms. The monoisotopic (exact) mass is 488 g/mol. The highest BCUT2D eigenvalue weighted by Crippen LogP contribution is 2.31. The second kappa shape index (κ2) is 12.0. The zero-order valence-corrected chi connectivity index (χ0v) is 21.1. The summed E-state index contributed by atoms with van der Waals surface area (Å²) in [6.45, 7) is 8.24. The van der Waals surface area contributed by atoms with Gasteiger partial charge in [-0.1, -0.05) is 37.3 Å². The molecule has 6 heteroatoms. The van der Waals surface area contributed by atoms with Crippen LogP contribution in [0.2, 0.25) is 0 Å². The number of hydrogen-bond donors (Lipinski definition) is 0. The molecule has 0 atom stereocenters. The number of fused-ring (bicyclic) bond motifs is 1.